The van der Waals surface area contributed by atoms with Gasteiger partial charge in [0.25, 0.3) is 0 Å². The molecule has 0 aromatic heterocycles. The fourth-order valence-electron chi connectivity index (χ4n) is 1.58. The van der Waals surface area contributed by atoms with Gasteiger partial charge in [-0.3, -0.25) is 4.79 Å². The summed E-state index contributed by atoms with van der Waals surface area (Å²) in [6, 6.07) is 4.28. The van der Waals surface area contributed by atoms with Crippen LogP contribution in [-0.4, -0.2) is 11.9 Å². The summed E-state index contributed by atoms with van der Waals surface area (Å²) in [7, 11) is 0. The highest BCUT2D eigenvalue weighted by atomic mass is 19.1. The van der Waals surface area contributed by atoms with Crippen LogP contribution < -0.4 is 11.1 Å². The molecule has 0 aliphatic carbocycles. The Morgan fingerprint density at radius 3 is 2.71 bits per heavy atom. The van der Waals surface area contributed by atoms with Crippen LogP contribution in [0, 0.1) is 18.7 Å². The third-order valence-electron chi connectivity index (χ3n) is 2.51. The van der Waals surface area contributed by atoms with Gasteiger partial charge in [0.1, 0.15) is 5.82 Å². The first-order valence-electron chi connectivity index (χ1n) is 5.73. The molecule has 3 nitrogen and oxygen atoms in total. The Labute approximate surface area is 101 Å². The molecule has 0 spiro atoms. The van der Waals surface area contributed by atoms with Gasteiger partial charge in [-0.15, -0.1) is 0 Å². The van der Waals surface area contributed by atoms with Crippen LogP contribution in [0.4, 0.5) is 10.1 Å². The lowest BCUT2D eigenvalue weighted by Gasteiger charge is -2.14. The summed E-state index contributed by atoms with van der Waals surface area (Å²) in [5, 5.41) is 2.52. The molecule has 0 aliphatic rings. The molecular formula is C13H19FN2O. The molecule has 1 rings (SSSR count). The maximum Gasteiger partial charge on any atom is 0.241 e. The van der Waals surface area contributed by atoms with Crippen LogP contribution in [0.15, 0.2) is 18.2 Å². The zero-order valence-electron chi connectivity index (χ0n) is 10.5. The van der Waals surface area contributed by atoms with E-state index in [9.17, 15) is 9.18 Å². The van der Waals surface area contributed by atoms with Crippen molar-refractivity contribution in [2.24, 2.45) is 11.7 Å². The smallest absolute Gasteiger partial charge is 0.241 e. The zero-order chi connectivity index (χ0) is 13.0. The lowest BCUT2D eigenvalue weighted by atomic mass is 10.0. The number of carbonyl (C=O) groups is 1. The molecule has 94 valence electrons. The SMILES string of the molecule is Cc1cccc(NC(=O)[C@H](N)CC(C)C)c1F. The first-order valence-corrected chi connectivity index (χ1v) is 5.73. The van der Waals surface area contributed by atoms with E-state index in [-0.39, 0.29) is 11.6 Å². The zero-order valence-corrected chi connectivity index (χ0v) is 10.5. The minimum Gasteiger partial charge on any atom is -0.322 e. The largest absolute Gasteiger partial charge is 0.322 e. The summed E-state index contributed by atoms with van der Waals surface area (Å²) >= 11 is 0. The molecule has 17 heavy (non-hydrogen) atoms. The van der Waals surface area contributed by atoms with Gasteiger partial charge in [0.2, 0.25) is 5.91 Å². The maximum absolute atomic E-state index is 13.6. The summed E-state index contributed by atoms with van der Waals surface area (Å²) in [5.74, 6) is -0.418. The molecule has 0 fully saturated rings. The second-order valence-corrected chi connectivity index (χ2v) is 4.66. The van der Waals surface area contributed by atoms with E-state index in [2.05, 4.69) is 5.32 Å². The summed E-state index contributed by atoms with van der Waals surface area (Å²) < 4.78 is 13.6. The van der Waals surface area contributed by atoms with E-state index in [4.69, 9.17) is 5.73 Å². The lowest BCUT2D eigenvalue weighted by molar-refractivity contribution is -0.117. The first-order chi connectivity index (χ1) is 7.91. The Bertz CT molecular complexity index is 404. The number of carbonyl (C=O) groups excluding carboxylic acids is 1. The van der Waals surface area contributed by atoms with Crippen LogP contribution in [0.25, 0.3) is 0 Å². The topological polar surface area (TPSA) is 55.1 Å². The number of aryl methyl sites for hydroxylation is 1. The van der Waals surface area contributed by atoms with Gasteiger partial charge in [0, 0.05) is 0 Å². The van der Waals surface area contributed by atoms with Crippen LogP contribution in [0.5, 0.6) is 0 Å². The molecule has 0 unspecified atom stereocenters. The van der Waals surface area contributed by atoms with E-state index in [1.807, 2.05) is 13.8 Å². The van der Waals surface area contributed by atoms with Crippen molar-refractivity contribution < 1.29 is 9.18 Å². The summed E-state index contributed by atoms with van der Waals surface area (Å²) in [4.78, 5) is 11.7. The van der Waals surface area contributed by atoms with Crippen molar-refractivity contribution in [2.75, 3.05) is 5.32 Å². The Kier molecular flexibility index (Phi) is 4.63. The minimum atomic E-state index is -0.602. The van der Waals surface area contributed by atoms with Crippen molar-refractivity contribution in [3.05, 3.63) is 29.6 Å². The number of hydrogen-bond donors (Lipinski definition) is 2. The standard InChI is InChI=1S/C13H19FN2O/c1-8(2)7-10(15)13(17)16-11-6-4-5-9(3)12(11)14/h4-6,8,10H,7,15H2,1-3H3,(H,16,17)/t10-/m1/s1. The van der Waals surface area contributed by atoms with E-state index < -0.39 is 11.9 Å². The predicted molar refractivity (Wildman–Crippen MR) is 67.2 cm³/mol. The number of anilines is 1. The molecule has 0 saturated carbocycles. The number of nitrogens with one attached hydrogen (secondary N) is 1. The number of nitrogens with two attached hydrogens (primary N) is 1. The highest BCUT2D eigenvalue weighted by Crippen LogP contribution is 2.17. The Morgan fingerprint density at radius 1 is 1.47 bits per heavy atom. The van der Waals surface area contributed by atoms with E-state index in [1.54, 1.807) is 19.1 Å². The van der Waals surface area contributed by atoms with Gasteiger partial charge in [-0.25, -0.2) is 4.39 Å². The van der Waals surface area contributed by atoms with Crippen molar-refractivity contribution in [3.8, 4) is 0 Å². The second kappa shape index (κ2) is 5.77. The molecule has 0 aliphatic heterocycles. The van der Waals surface area contributed by atoms with Crippen LogP contribution in [0.1, 0.15) is 25.8 Å². The van der Waals surface area contributed by atoms with Crippen molar-refractivity contribution in [1.29, 1.82) is 0 Å². The molecule has 3 N–H and O–H groups in total. The van der Waals surface area contributed by atoms with E-state index in [1.165, 1.54) is 6.07 Å². The van der Waals surface area contributed by atoms with Crippen molar-refractivity contribution in [3.63, 3.8) is 0 Å². The quantitative estimate of drug-likeness (QED) is 0.846. The summed E-state index contributed by atoms with van der Waals surface area (Å²) in [5.41, 5.74) is 6.41. The Hall–Kier alpha value is -1.42. The molecule has 0 heterocycles. The Balaban J connectivity index is 2.71. The van der Waals surface area contributed by atoms with Crippen molar-refractivity contribution >= 4 is 11.6 Å². The normalized spacial score (nSPS) is 12.6. The molecular weight excluding hydrogens is 219 g/mol. The van der Waals surface area contributed by atoms with Gasteiger partial charge in [0.05, 0.1) is 11.7 Å². The lowest BCUT2D eigenvalue weighted by Crippen LogP contribution is -2.36. The predicted octanol–water partition coefficient (Wildman–Crippen LogP) is 2.45. The van der Waals surface area contributed by atoms with Crippen LogP contribution in [-0.2, 0) is 4.79 Å². The monoisotopic (exact) mass is 238 g/mol. The molecule has 1 amide bonds. The first kappa shape index (κ1) is 13.6. The molecule has 4 heteroatoms. The fourth-order valence-corrected chi connectivity index (χ4v) is 1.58. The Morgan fingerprint density at radius 2 is 2.12 bits per heavy atom. The third kappa shape index (κ3) is 3.82. The van der Waals surface area contributed by atoms with Gasteiger partial charge < -0.3 is 11.1 Å². The van der Waals surface area contributed by atoms with Gasteiger partial charge in [-0.2, -0.15) is 0 Å². The van der Waals surface area contributed by atoms with Crippen LogP contribution >= 0.6 is 0 Å². The average molecular weight is 238 g/mol. The van der Waals surface area contributed by atoms with Gasteiger partial charge in [0.15, 0.2) is 0 Å². The highest BCUT2D eigenvalue weighted by molar-refractivity contribution is 5.94. The summed E-state index contributed by atoms with van der Waals surface area (Å²) in [6.45, 7) is 5.62. The number of amides is 1. The van der Waals surface area contributed by atoms with Crippen LogP contribution in [0.2, 0.25) is 0 Å². The molecule has 0 saturated heterocycles. The third-order valence-corrected chi connectivity index (χ3v) is 2.51. The van der Waals surface area contributed by atoms with Crippen LogP contribution in [0.3, 0.4) is 0 Å². The van der Waals surface area contributed by atoms with E-state index in [0.717, 1.165) is 0 Å². The molecule has 0 radical (unpaired) electrons. The molecule has 1 aromatic rings. The maximum atomic E-state index is 13.6. The number of hydrogen-bond acceptors (Lipinski definition) is 2. The highest BCUT2D eigenvalue weighted by Gasteiger charge is 2.16. The second-order valence-electron chi connectivity index (χ2n) is 4.66. The van der Waals surface area contributed by atoms with Gasteiger partial charge in [-0.05, 0) is 30.9 Å². The molecule has 1 atom stereocenters. The fraction of sp³-hybridized carbons (Fsp3) is 0.462. The van der Waals surface area contributed by atoms with E-state index in [0.29, 0.717) is 17.9 Å². The number of benzene rings is 1. The van der Waals surface area contributed by atoms with Crippen molar-refractivity contribution in [1.82, 2.24) is 0 Å². The number of halogens is 1. The summed E-state index contributed by atoms with van der Waals surface area (Å²) in [6.07, 6.45) is 0.583. The molecule has 1 aromatic carbocycles. The van der Waals surface area contributed by atoms with Crippen molar-refractivity contribution in [2.45, 2.75) is 33.2 Å². The minimum absolute atomic E-state index is 0.189. The van der Waals surface area contributed by atoms with E-state index >= 15 is 0 Å². The average Bonchev–Trinajstić information content (AvgIpc) is 2.23. The molecule has 0 bridgehead atoms. The van der Waals surface area contributed by atoms with Gasteiger partial charge in [-0.1, -0.05) is 26.0 Å². The number of rotatable bonds is 4. The van der Waals surface area contributed by atoms with Gasteiger partial charge >= 0.3 is 0 Å².